The summed E-state index contributed by atoms with van der Waals surface area (Å²) in [4.78, 5) is 29.5. The molecule has 1 saturated heterocycles. The van der Waals surface area contributed by atoms with Crippen LogP contribution >= 0.6 is 0 Å². The van der Waals surface area contributed by atoms with Crippen molar-refractivity contribution in [3.8, 4) is 0 Å². The zero-order valence-electron chi connectivity index (χ0n) is 24.0. The first kappa shape index (κ1) is 30.5. The molecule has 0 bridgehead atoms. The standard InChI is InChI=1S/C28H31F3N6O5S/c1-5-42-27(39)37-24-21(16-36(28(24,2)3)43(40,41)20-14-18(29)13-19(30)15-20)25(33-37)32-26(38)17-6-7-23(22(31)12-17)35-10-8-34(4)9-11-35/h6-7,12-15H,5,8-11,16H2,1-4H3,(H,32,33,38). The molecule has 1 aromatic heterocycles. The monoisotopic (exact) mass is 620 g/mol. The van der Waals surface area contributed by atoms with Gasteiger partial charge in [0, 0.05) is 49.9 Å². The molecule has 1 N–H and O–H groups in total. The number of piperazine rings is 1. The third kappa shape index (κ3) is 5.59. The molecule has 43 heavy (non-hydrogen) atoms. The topological polar surface area (TPSA) is 117 Å². The number of anilines is 2. The summed E-state index contributed by atoms with van der Waals surface area (Å²) in [6, 6.07) is 6.03. The molecule has 230 valence electrons. The minimum Gasteiger partial charge on any atom is -0.448 e. The highest BCUT2D eigenvalue weighted by molar-refractivity contribution is 7.89. The summed E-state index contributed by atoms with van der Waals surface area (Å²) >= 11 is 0. The minimum atomic E-state index is -4.52. The maximum atomic E-state index is 15.1. The maximum absolute atomic E-state index is 15.1. The zero-order chi connectivity index (χ0) is 31.3. The van der Waals surface area contributed by atoms with Crippen molar-refractivity contribution in [2.75, 3.05) is 50.1 Å². The molecular weight excluding hydrogens is 589 g/mol. The second kappa shape index (κ2) is 11.3. The fourth-order valence-corrected chi connectivity index (χ4v) is 7.19. The third-order valence-corrected chi connectivity index (χ3v) is 9.64. The number of benzene rings is 2. The van der Waals surface area contributed by atoms with Crippen molar-refractivity contribution < 1.29 is 35.9 Å². The van der Waals surface area contributed by atoms with E-state index in [1.54, 1.807) is 6.92 Å². The Bertz CT molecular complexity index is 1680. The van der Waals surface area contributed by atoms with Crippen LogP contribution in [0.25, 0.3) is 0 Å². The van der Waals surface area contributed by atoms with Gasteiger partial charge in [-0.15, -0.1) is 5.10 Å². The molecule has 2 aromatic carbocycles. The van der Waals surface area contributed by atoms with Crippen LogP contribution in [0.5, 0.6) is 0 Å². The number of carbonyl (C=O) groups excluding carboxylic acids is 2. The van der Waals surface area contributed by atoms with Gasteiger partial charge in [0.2, 0.25) is 10.0 Å². The summed E-state index contributed by atoms with van der Waals surface area (Å²) in [6.07, 6.45) is -0.925. The normalized spacial score (nSPS) is 17.1. The smallest absolute Gasteiger partial charge is 0.435 e. The Balaban J connectivity index is 1.48. The van der Waals surface area contributed by atoms with Crippen LogP contribution in [-0.2, 0) is 26.8 Å². The van der Waals surface area contributed by atoms with Crippen LogP contribution in [0.15, 0.2) is 41.3 Å². The first-order chi connectivity index (χ1) is 20.2. The average molecular weight is 621 g/mol. The predicted molar refractivity (Wildman–Crippen MR) is 151 cm³/mol. The summed E-state index contributed by atoms with van der Waals surface area (Å²) in [6.45, 7) is 6.95. The molecule has 1 amide bonds. The van der Waals surface area contributed by atoms with Gasteiger partial charge in [-0.2, -0.15) is 8.99 Å². The van der Waals surface area contributed by atoms with E-state index in [9.17, 15) is 26.8 Å². The second-order valence-corrected chi connectivity index (χ2v) is 12.7. The van der Waals surface area contributed by atoms with E-state index in [0.717, 1.165) is 28.1 Å². The molecule has 2 aliphatic heterocycles. The van der Waals surface area contributed by atoms with Crippen molar-refractivity contribution in [3.05, 3.63) is 70.7 Å². The van der Waals surface area contributed by atoms with Crippen LogP contribution in [0.1, 0.15) is 42.4 Å². The van der Waals surface area contributed by atoms with Gasteiger partial charge in [0.25, 0.3) is 5.91 Å². The highest BCUT2D eigenvalue weighted by atomic mass is 32.2. The summed E-state index contributed by atoms with van der Waals surface area (Å²) in [7, 11) is -2.53. The third-order valence-electron chi connectivity index (χ3n) is 7.64. The number of hydrogen-bond acceptors (Lipinski definition) is 8. The lowest BCUT2D eigenvalue weighted by atomic mass is 10.0. The number of halogens is 3. The van der Waals surface area contributed by atoms with Crippen molar-refractivity contribution in [2.24, 2.45) is 0 Å². The number of rotatable bonds is 6. The molecule has 11 nitrogen and oxygen atoms in total. The van der Waals surface area contributed by atoms with Crippen molar-refractivity contribution >= 4 is 33.5 Å². The van der Waals surface area contributed by atoms with E-state index in [1.807, 2.05) is 11.9 Å². The first-order valence-electron chi connectivity index (χ1n) is 13.6. The average Bonchev–Trinajstić information content (AvgIpc) is 3.44. The molecule has 0 aliphatic carbocycles. The minimum absolute atomic E-state index is 0.0148. The van der Waals surface area contributed by atoms with Gasteiger partial charge in [-0.25, -0.2) is 26.4 Å². The van der Waals surface area contributed by atoms with E-state index in [-0.39, 0.29) is 29.2 Å². The highest BCUT2D eigenvalue weighted by Crippen LogP contribution is 2.45. The van der Waals surface area contributed by atoms with Gasteiger partial charge in [0.1, 0.15) is 17.5 Å². The van der Waals surface area contributed by atoms with Crippen LogP contribution in [0, 0.1) is 17.5 Å². The number of ether oxygens (including phenoxy) is 1. The van der Waals surface area contributed by atoms with Gasteiger partial charge >= 0.3 is 6.09 Å². The number of aromatic nitrogens is 2. The van der Waals surface area contributed by atoms with E-state index in [4.69, 9.17) is 4.74 Å². The van der Waals surface area contributed by atoms with E-state index >= 15 is 4.39 Å². The van der Waals surface area contributed by atoms with Crippen molar-refractivity contribution in [3.63, 3.8) is 0 Å². The lowest BCUT2D eigenvalue weighted by Gasteiger charge is -2.34. The molecule has 15 heteroatoms. The Morgan fingerprint density at radius 3 is 2.28 bits per heavy atom. The highest BCUT2D eigenvalue weighted by Gasteiger charge is 2.50. The van der Waals surface area contributed by atoms with E-state index in [0.29, 0.717) is 37.0 Å². The molecular formula is C28H31F3N6O5S. The lowest BCUT2D eigenvalue weighted by molar-refractivity contribution is 0.102. The molecule has 1 fully saturated rings. The summed E-state index contributed by atoms with van der Waals surface area (Å²) in [5.74, 6) is -3.63. The molecule has 0 unspecified atom stereocenters. The molecule has 0 atom stereocenters. The van der Waals surface area contributed by atoms with Crippen LogP contribution in [-0.4, -0.2) is 79.2 Å². The fraction of sp³-hybridized carbons (Fsp3) is 0.393. The number of likely N-dealkylation sites (N-methyl/N-ethyl adjacent to an activating group) is 1. The maximum Gasteiger partial charge on any atom is 0.435 e. The van der Waals surface area contributed by atoms with Crippen molar-refractivity contribution in [1.29, 1.82) is 0 Å². The van der Waals surface area contributed by atoms with Crippen molar-refractivity contribution in [1.82, 2.24) is 19.0 Å². The Kier molecular flexibility index (Phi) is 8.00. The van der Waals surface area contributed by atoms with E-state index in [1.165, 1.54) is 26.0 Å². The number of nitrogens with one attached hydrogen (secondary N) is 1. The van der Waals surface area contributed by atoms with Gasteiger partial charge in [0.05, 0.1) is 28.4 Å². The summed E-state index contributed by atoms with van der Waals surface area (Å²) in [5, 5.41) is 6.78. The molecule has 0 saturated carbocycles. The van der Waals surface area contributed by atoms with Gasteiger partial charge < -0.3 is 19.9 Å². The van der Waals surface area contributed by atoms with Gasteiger partial charge in [0.15, 0.2) is 5.82 Å². The second-order valence-electron chi connectivity index (χ2n) is 10.9. The van der Waals surface area contributed by atoms with Gasteiger partial charge in [-0.05, 0) is 58.2 Å². The Morgan fingerprint density at radius 1 is 1.02 bits per heavy atom. The van der Waals surface area contributed by atoms with Crippen LogP contribution in [0.2, 0.25) is 0 Å². The molecule has 3 aromatic rings. The van der Waals surface area contributed by atoms with Gasteiger partial charge in [-0.3, -0.25) is 4.79 Å². The number of nitrogens with zero attached hydrogens (tertiary/aromatic N) is 5. The summed E-state index contributed by atoms with van der Waals surface area (Å²) in [5.41, 5.74) is -0.865. The van der Waals surface area contributed by atoms with Crippen LogP contribution in [0.4, 0.5) is 29.5 Å². The Hall–Kier alpha value is -3.95. The number of amides is 1. The predicted octanol–water partition coefficient (Wildman–Crippen LogP) is 3.75. The largest absolute Gasteiger partial charge is 0.448 e. The molecule has 0 spiro atoms. The van der Waals surface area contributed by atoms with Crippen LogP contribution in [0.3, 0.4) is 0 Å². The molecule has 2 aliphatic rings. The van der Waals surface area contributed by atoms with E-state index in [2.05, 4.69) is 15.3 Å². The molecule has 0 radical (unpaired) electrons. The number of sulfonamides is 1. The summed E-state index contributed by atoms with van der Waals surface area (Å²) < 4.78 is 77.2. The van der Waals surface area contributed by atoms with Crippen LogP contribution < -0.4 is 10.2 Å². The molecule has 3 heterocycles. The van der Waals surface area contributed by atoms with Crippen molar-refractivity contribution in [2.45, 2.75) is 37.8 Å². The first-order valence-corrected chi connectivity index (χ1v) is 15.0. The SMILES string of the molecule is CCOC(=O)n1nc(NC(=O)c2ccc(N3CCN(C)CC3)c(F)c2)c2c1C(C)(C)N(S(=O)(=O)c1cc(F)cc(F)c1)C2. The van der Waals surface area contributed by atoms with Gasteiger partial charge in [-0.1, -0.05) is 0 Å². The number of hydrogen-bond donors (Lipinski definition) is 1. The lowest BCUT2D eigenvalue weighted by Crippen LogP contribution is -2.44. The molecule has 5 rings (SSSR count). The number of carbonyl (C=O) groups is 2. The number of fused-ring (bicyclic) bond motifs is 1. The van der Waals surface area contributed by atoms with E-state index < -0.39 is 56.5 Å². The zero-order valence-corrected chi connectivity index (χ0v) is 24.8. The fourth-order valence-electron chi connectivity index (χ4n) is 5.43. The Labute approximate surface area is 246 Å². The Morgan fingerprint density at radius 2 is 1.67 bits per heavy atom. The quantitative estimate of drug-likeness (QED) is 0.443.